The van der Waals surface area contributed by atoms with E-state index in [2.05, 4.69) is 10.6 Å². The lowest BCUT2D eigenvalue weighted by atomic mass is 9.96. The summed E-state index contributed by atoms with van der Waals surface area (Å²) in [6, 6.07) is 8.56. The summed E-state index contributed by atoms with van der Waals surface area (Å²) in [4.78, 5) is 12.0. The molecule has 1 aromatic rings. The molecular weight excluding hydrogens is 240 g/mol. The smallest absolute Gasteiger partial charge is 0.319 e. The Balaban J connectivity index is 1.99. The summed E-state index contributed by atoms with van der Waals surface area (Å²) in [5, 5.41) is 14.5. The largest absolute Gasteiger partial charge is 0.331 e. The van der Waals surface area contributed by atoms with Crippen LogP contribution in [0.2, 0.25) is 0 Å². The van der Waals surface area contributed by atoms with Crippen LogP contribution >= 0.6 is 0 Å². The fourth-order valence-corrected chi connectivity index (χ4v) is 2.13. The van der Waals surface area contributed by atoms with Crippen LogP contribution in [0.3, 0.4) is 0 Å². The third-order valence-corrected chi connectivity index (χ3v) is 3.55. The number of benzene rings is 1. The van der Waals surface area contributed by atoms with E-state index >= 15 is 0 Å². The van der Waals surface area contributed by atoms with Crippen molar-refractivity contribution in [3.63, 3.8) is 0 Å². The fourth-order valence-electron chi connectivity index (χ4n) is 2.13. The minimum atomic E-state index is -0.350. The molecule has 2 amide bonds. The SMILES string of the molecule is CC(CN)(NC(=O)Nc1cccc(C#N)c1)C1CC1. The second-order valence-corrected chi connectivity index (χ2v) is 5.17. The number of nitrogens with one attached hydrogen (secondary N) is 2. The monoisotopic (exact) mass is 258 g/mol. The standard InChI is InChI=1S/C14H18N4O/c1-14(9-16,11-5-6-11)18-13(19)17-12-4-2-3-10(7-12)8-15/h2-4,7,11H,5-6,9,16H2,1H3,(H2,17,18,19). The summed E-state index contributed by atoms with van der Waals surface area (Å²) in [5.41, 5.74) is 6.52. The number of nitrogens with zero attached hydrogens (tertiary/aromatic N) is 1. The number of hydrogen-bond donors (Lipinski definition) is 3. The molecule has 1 saturated carbocycles. The number of amides is 2. The molecule has 0 heterocycles. The van der Waals surface area contributed by atoms with Crippen molar-refractivity contribution in [2.45, 2.75) is 25.3 Å². The van der Waals surface area contributed by atoms with Crippen molar-refractivity contribution in [1.82, 2.24) is 5.32 Å². The van der Waals surface area contributed by atoms with E-state index in [0.717, 1.165) is 12.8 Å². The molecule has 100 valence electrons. The second kappa shape index (κ2) is 5.29. The Labute approximate surface area is 112 Å². The summed E-state index contributed by atoms with van der Waals surface area (Å²) >= 11 is 0. The van der Waals surface area contributed by atoms with Crippen molar-refractivity contribution in [1.29, 1.82) is 5.26 Å². The maximum absolute atomic E-state index is 12.0. The Hall–Kier alpha value is -2.06. The van der Waals surface area contributed by atoms with Crippen LogP contribution in [0.4, 0.5) is 10.5 Å². The lowest BCUT2D eigenvalue weighted by molar-refractivity contribution is 0.234. The van der Waals surface area contributed by atoms with Crippen LogP contribution in [0.25, 0.3) is 0 Å². The first kappa shape index (κ1) is 13.4. The van der Waals surface area contributed by atoms with Crippen LogP contribution in [-0.2, 0) is 0 Å². The molecule has 1 unspecified atom stereocenters. The van der Waals surface area contributed by atoms with Gasteiger partial charge in [0.15, 0.2) is 0 Å². The maximum Gasteiger partial charge on any atom is 0.319 e. The lowest BCUT2D eigenvalue weighted by Gasteiger charge is -2.29. The lowest BCUT2D eigenvalue weighted by Crippen LogP contribution is -2.54. The van der Waals surface area contributed by atoms with Gasteiger partial charge in [0.2, 0.25) is 0 Å². The summed E-state index contributed by atoms with van der Waals surface area (Å²) in [6.45, 7) is 2.39. The number of carbonyl (C=O) groups is 1. The molecular formula is C14H18N4O. The first-order valence-corrected chi connectivity index (χ1v) is 6.37. The van der Waals surface area contributed by atoms with Crippen LogP contribution in [-0.4, -0.2) is 18.1 Å². The molecule has 1 fully saturated rings. The van der Waals surface area contributed by atoms with Gasteiger partial charge in [-0.15, -0.1) is 0 Å². The van der Waals surface area contributed by atoms with Gasteiger partial charge in [-0.05, 0) is 43.9 Å². The summed E-state index contributed by atoms with van der Waals surface area (Å²) in [6.07, 6.45) is 2.22. The molecule has 0 radical (unpaired) electrons. The van der Waals surface area contributed by atoms with E-state index in [0.29, 0.717) is 23.7 Å². The second-order valence-electron chi connectivity index (χ2n) is 5.17. The van der Waals surface area contributed by atoms with Gasteiger partial charge in [0.05, 0.1) is 17.2 Å². The molecule has 1 aliphatic rings. The fraction of sp³-hybridized carbons (Fsp3) is 0.429. The third kappa shape index (κ3) is 3.24. The van der Waals surface area contributed by atoms with Gasteiger partial charge in [-0.25, -0.2) is 4.79 Å². The summed E-state index contributed by atoms with van der Waals surface area (Å²) in [5.74, 6) is 0.466. The number of hydrogen-bond acceptors (Lipinski definition) is 3. The molecule has 1 aromatic carbocycles. The molecule has 5 heteroatoms. The van der Waals surface area contributed by atoms with Gasteiger partial charge in [0.1, 0.15) is 0 Å². The van der Waals surface area contributed by atoms with E-state index in [9.17, 15) is 4.79 Å². The van der Waals surface area contributed by atoms with Crippen molar-refractivity contribution < 1.29 is 4.79 Å². The van der Waals surface area contributed by atoms with Gasteiger partial charge in [-0.1, -0.05) is 6.07 Å². The highest BCUT2D eigenvalue weighted by atomic mass is 16.2. The van der Waals surface area contributed by atoms with Gasteiger partial charge >= 0.3 is 6.03 Å². The zero-order valence-electron chi connectivity index (χ0n) is 10.9. The number of rotatable bonds is 4. The molecule has 0 bridgehead atoms. The molecule has 0 spiro atoms. The zero-order valence-corrected chi connectivity index (χ0v) is 10.9. The van der Waals surface area contributed by atoms with Gasteiger partial charge in [-0.3, -0.25) is 0 Å². The van der Waals surface area contributed by atoms with Crippen molar-refractivity contribution in [2.75, 3.05) is 11.9 Å². The van der Waals surface area contributed by atoms with E-state index < -0.39 is 0 Å². The molecule has 0 saturated heterocycles. The number of urea groups is 1. The van der Waals surface area contributed by atoms with Crippen LogP contribution in [0.5, 0.6) is 0 Å². The number of carbonyl (C=O) groups excluding carboxylic acids is 1. The molecule has 0 aliphatic heterocycles. The van der Waals surface area contributed by atoms with Crippen LogP contribution in [0.15, 0.2) is 24.3 Å². The molecule has 2 rings (SSSR count). The third-order valence-electron chi connectivity index (χ3n) is 3.55. The predicted molar refractivity (Wildman–Crippen MR) is 73.5 cm³/mol. The minimum Gasteiger partial charge on any atom is -0.331 e. The first-order chi connectivity index (χ1) is 9.07. The van der Waals surface area contributed by atoms with Gasteiger partial charge < -0.3 is 16.4 Å². The molecule has 5 nitrogen and oxygen atoms in total. The Morgan fingerprint density at radius 3 is 2.89 bits per heavy atom. The average molecular weight is 258 g/mol. The number of anilines is 1. The highest BCUT2D eigenvalue weighted by Crippen LogP contribution is 2.38. The molecule has 1 aliphatic carbocycles. The van der Waals surface area contributed by atoms with Gasteiger partial charge in [-0.2, -0.15) is 5.26 Å². The van der Waals surface area contributed by atoms with E-state index in [1.54, 1.807) is 24.3 Å². The van der Waals surface area contributed by atoms with Crippen molar-refractivity contribution in [3.05, 3.63) is 29.8 Å². The van der Waals surface area contributed by atoms with E-state index in [1.165, 1.54) is 0 Å². The highest BCUT2D eigenvalue weighted by molar-refractivity contribution is 5.90. The van der Waals surface area contributed by atoms with Crippen LogP contribution in [0.1, 0.15) is 25.3 Å². The Morgan fingerprint density at radius 1 is 1.58 bits per heavy atom. The molecule has 0 aromatic heterocycles. The van der Waals surface area contributed by atoms with Crippen LogP contribution < -0.4 is 16.4 Å². The molecule has 4 N–H and O–H groups in total. The highest BCUT2D eigenvalue weighted by Gasteiger charge is 2.41. The minimum absolute atomic E-state index is 0.282. The van der Waals surface area contributed by atoms with E-state index in [-0.39, 0.29) is 11.6 Å². The Bertz CT molecular complexity index is 518. The number of nitriles is 1. The van der Waals surface area contributed by atoms with E-state index in [1.807, 2.05) is 13.0 Å². The Morgan fingerprint density at radius 2 is 2.32 bits per heavy atom. The van der Waals surface area contributed by atoms with Crippen LogP contribution in [0, 0.1) is 17.2 Å². The van der Waals surface area contributed by atoms with Crippen molar-refractivity contribution in [2.24, 2.45) is 11.7 Å². The maximum atomic E-state index is 12.0. The number of nitrogens with two attached hydrogens (primary N) is 1. The topological polar surface area (TPSA) is 90.9 Å². The van der Waals surface area contributed by atoms with Gasteiger partial charge in [0, 0.05) is 12.2 Å². The van der Waals surface area contributed by atoms with Crippen molar-refractivity contribution >= 4 is 11.7 Å². The van der Waals surface area contributed by atoms with Crippen molar-refractivity contribution in [3.8, 4) is 6.07 Å². The summed E-state index contributed by atoms with van der Waals surface area (Å²) < 4.78 is 0. The average Bonchev–Trinajstić information content (AvgIpc) is 3.23. The molecule has 19 heavy (non-hydrogen) atoms. The molecule has 1 atom stereocenters. The summed E-state index contributed by atoms with van der Waals surface area (Å²) in [7, 11) is 0. The normalized spacial score (nSPS) is 17.1. The predicted octanol–water partition coefficient (Wildman–Crippen LogP) is 1.81. The first-order valence-electron chi connectivity index (χ1n) is 6.37. The Kier molecular flexibility index (Phi) is 3.72. The van der Waals surface area contributed by atoms with E-state index in [4.69, 9.17) is 11.0 Å². The zero-order chi connectivity index (χ0) is 13.9. The quantitative estimate of drug-likeness (QED) is 0.769. The van der Waals surface area contributed by atoms with Gasteiger partial charge in [0.25, 0.3) is 0 Å².